The molecule has 174 valence electrons. The van der Waals surface area contributed by atoms with E-state index >= 15 is 0 Å². The molecule has 0 fully saturated rings. The molecule has 0 aliphatic rings. The van der Waals surface area contributed by atoms with Gasteiger partial charge in [0.15, 0.2) is 5.82 Å². The van der Waals surface area contributed by atoms with Crippen LogP contribution >= 0.6 is 0 Å². The first-order valence-electron chi connectivity index (χ1n) is 10.1. The summed E-state index contributed by atoms with van der Waals surface area (Å²) in [6.07, 6.45) is 1.49. The van der Waals surface area contributed by atoms with Crippen molar-refractivity contribution in [3.63, 3.8) is 0 Å². The fourth-order valence-electron chi connectivity index (χ4n) is 3.08. The third-order valence-electron chi connectivity index (χ3n) is 4.48. The molecule has 2 aromatic heterocycles. The maximum atomic E-state index is 9.49. The molecule has 2 aromatic rings. The lowest BCUT2D eigenvalue weighted by molar-refractivity contribution is 0.279. The van der Waals surface area contributed by atoms with Gasteiger partial charge in [0.25, 0.3) is 0 Å². The third kappa shape index (κ3) is 6.53. The standard InChI is InChI=1S/C18H31N7O6/c26-7-1-23(2-8-27)16-15-14(20-18(22-16)25(5-11-30)6-12-31)13-19-17(21-15)24(3-9-28)4-10-29/h13,26-31H,1-12H2. The van der Waals surface area contributed by atoms with E-state index in [9.17, 15) is 30.6 Å². The summed E-state index contributed by atoms with van der Waals surface area (Å²) >= 11 is 0. The average molecular weight is 441 g/mol. The van der Waals surface area contributed by atoms with Gasteiger partial charge in [-0.3, -0.25) is 0 Å². The van der Waals surface area contributed by atoms with Crippen molar-refractivity contribution in [3.8, 4) is 0 Å². The van der Waals surface area contributed by atoms with Gasteiger partial charge in [0.2, 0.25) is 11.9 Å². The Bertz CT molecular complexity index is 781. The molecule has 0 spiro atoms. The Morgan fingerprint density at radius 1 is 0.548 bits per heavy atom. The van der Waals surface area contributed by atoms with Crippen molar-refractivity contribution >= 4 is 28.7 Å². The largest absolute Gasteiger partial charge is 0.395 e. The van der Waals surface area contributed by atoms with E-state index in [0.717, 1.165) is 0 Å². The quantitative estimate of drug-likeness (QED) is 0.163. The molecule has 0 unspecified atom stereocenters. The van der Waals surface area contributed by atoms with Gasteiger partial charge in [-0.25, -0.2) is 15.0 Å². The number of fused-ring (bicyclic) bond motifs is 1. The van der Waals surface area contributed by atoms with Gasteiger partial charge in [0, 0.05) is 39.3 Å². The topological polar surface area (TPSA) is 183 Å². The summed E-state index contributed by atoms with van der Waals surface area (Å²) in [7, 11) is 0. The smallest absolute Gasteiger partial charge is 0.228 e. The zero-order valence-electron chi connectivity index (χ0n) is 17.4. The van der Waals surface area contributed by atoms with Gasteiger partial charge in [0.1, 0.15) is 11.0 Å². The zero-order valence-corrected chi connectivity index (χ0v) is 17.4. The number of aromatic nitrogens is 4. The van der Waals surface area contributed by atoms with Gasteiger partial charge in [-0.2, -0.15) is 4.98 Å². The minimum Gasteiger partial charge on any atom is -0.395 e. The number of hydrogen-bond acceptors (Lipinski definition) is 13. The van der Waals surface area contributed by atoms with Crippen LogP contribution in [0.15, 0.2) is 6.20 Å². The Balaban J connectivity index is 2.65. The van der Waals surface area contributed by atoms with Crippen LogP contribution in [0.2, 0.25) is 0 Å². The number of aliphatic hydroxyl groups is 6. The van der Waals surface area contributed by atoms with E-state index in [2.05, 4.69) is 19.9 Å². The number of rotatable bonds is 15. The Morgan fingerprint density at radius 2 is 1.00 bits per heavy atom. The van der Waals surface area contributed by atoms with Crippen molar-refractivity contribution in [1.82, 2.24) is 19.9 Å². The molecule has 0 aromatic carbocycles. The van der Waals surface area contributed by atoms with Crippen molar-refractivity contribution in [1.29, 1.82) is 0 Å². The molecule has 31 heavy (non-hydrogen) atoms. The predicted octanol–water partition coefficient (Wildman–Crippen LogP) is -3.21. The minimum absolute atomic E-state index is 0.151. The van der Waals surface area contributed by atoms with Gasteiger partial charge in [0.05, 0.1) is 45.8 Å². The summed E-state index contributed by atoms with van der Waals surface area (Å²) < 4.78 is 0. The van der Waals surface area contributed by atoms with Crippen LogP contribution in [-0.2, 0) is 0 Å². The second-order valence-corrected chi connectivity index (χ2v) is 6.55. The second-order valence-electron chi connectivity index (χ2n) is 6.55. The fraction of sp³-hybridized carbons (Fsp3) is 0.667. The lowest BCUT2D eigenvalue weighted by atomic mass is 10.3. The Hall–Kier alpha value is -2.42. The van der Waals surface area contributed by atoms with Gasteiger partial charge in [-0.1, -0.05) is 0 Å². The molecular weight excluding hydrogens is 410 g/mol. The van der Waals surface area contributed by atoms with E-state index in [4.69, 9.17) is 0 Å². The lowest BCUT2D eigenvalue weighted by Crippen LogP contribution is -2.34. The molecular formula is C18H31N7O6. The van der Waals surface area contributed by atoms with E-state index < -0.39 is 0 Å². The summed E-state index contributed by atoms with van der Waals surface area (Å²) in [6.45, 7) is 0.205. The van der Waals surface area contributed by atoms with Crippen LogP contribution in [0, 0.1) is 0 Å². The summed E-state index contributed by atoms with van der Waals surface area (Å²) in [5.41, 5.74) is 0.753. The molecule has 2 rings (SSSR count). The van der Waals surface area contributed by atoms with Crippen molar-refractivity contribution in [2.24, 2.45) is 0 Å². The second kappa shape index (κ2) is 13.1. The lowest BCUT2D eigenvalue weighted by Gasteiger charge is -2.27. The zero-order chi connectivity index (χ0) is 22.6. The molecule has 0 amide bonds. The predicted molar refractivity (Wildman–Crippen MR) is 114 cm³/mol. The molecule has 0 aliphatic heterocycles. The van der Waals surface area contributed by atoms with Crippen LogP contribution in [0.5, 0.6) is 0 Å². The fourth-order valence-corrected chi connectivity index (χ4v) is 3.08. The van der Waals surface area contributed by atoms with E-state index in [1.165, 1.54) is 6.20 Å². The molecule has 0 radical (unpaired) electrons. The molecule has 13 heteroatoms. The monoisotopic (exact) mass is 441 g/mol. The molecule has 0 aliphatic carbocycles. The van der Waals surface area contributed by atoms with E-state index in [1.54, 1.807) is 14.7 Å². The van der Waals surface area contributed by atoms with Crippen molar-refractivity contribution < 1.29 is 30.6 Å². The molecule has 0 atom stereocenters. The first-order chi connectivity index (χ1) is 15.1. The number of nitrogens with zero attached hydrogens (tertiary/aromatic N) is 7. The normalized spacial score (nSPS) is 11.2. The van der Waals surface area contributed by atoms with Gasteiger partial charge >= 0.3 is 0 Å². The van der Waals surface area contributed by atoms with E-state index in [-0.39, 0.29) is 90.8 Å². The van der Waals surface area contributed by atoms with Crippen molar-refractivity contribution in [2.75, 3.05) is 93.6 Å². The summed E-state index contributed by atoms with van der Waals surface area (Å²) in [4.78, 5) is 22.7. The SMILES string of the molecule is OCCN(CCO)c1nc(N(CCO)CCO)c2nc(N(CCO)CCO)ncc2n1. The molecule has 0 saturated carbocycles. The van der Waals surface area contributed by atoms with Crippen LogP contribution in [-0.4, -0.2) is 129 Å². The van der Waals surface area contributed by atoms with E-state index in [0.29, 0.717) is 16.9 Å². The summed E-state index contributed by atoms with van der Waals surface area (Å²) in [6, 6.07) is 0. The number of hydrogen-bond donors (Lipinski definition) is 6. The molecule has 6 N–H and O–H groups in total. The maximum Gasteiger partial charge on any atom is 0.228 e. The molecule has 13 nitrogen and oxygen atoms in total. The highest BCUT2D eigenvalue weighted by Gasteiger charge is 2.20. The highest BCUT2D eigenvalue weighted by atomic mass is 16.3. The number of anilines is 3. The molecule has 0 bridgehead atoms. The Labute approximate surface area is 179 Å². The highest BCUT2D eigenvalue weighted by molar-refractivity contribution is 5.87. The third-order valence-corrected chi connectivity index (χ3v) is 4.48. The first-order valence-corrected chi connectivity index (χ1v) is 10.1. The van der Waals surface area contributed by atoms with Crippen LogP contribution in [0.1, 0.15) is 0 Å². The summed E-state index contributed by atoms with van der Waals surface area (Å²) in [5.74, 6) is 0.856. The first kappa shape index (κ1) is 24.8. The van der Waals surface area contributed by atoms with Gasteiger partial charge < -0.3 is 45.3 Å². The number of aliphatic hydroxyl groups excluding tert-OH is 6. The van der Waals surface area contributed by atoms with Crippen LogP contribution in [0.3, 0.4) is 0 Å². The van der Waals surface area contributed by atoms with Crippen LogP contribution < -0.4 is 14.7 Å². The van der Waals surface area contributed by atoms with E-state index in [1.807, 2.05) is 0 Å². The average Bonchev–Trinajstić information content (AvgIpc) is 2.77. The maximum absolute atomic E-state index is 9.49. The van der Waals surface area contributed by atoms with Crippen molar-refractivity contribution in [3.05, 3.63) is 6.20 Å². The van der Waals surface area contributed by atoms with Crippen LogP contribution in [0.25, 0.3) is 11.0 Å². The Morgan fingerprint density at radius 3 is 1.48 bits per heavy atom. The molecule has 0 saturated heterocycles. The van der Waals surface area contributed by atoms with Gasteiger partial charge in [-0.15, -0.1) is 0 Å². The minimum atomic E-state index is -0.184. The molecule has 2 heterocycles. The van der Waals surface area contributed by atoms with Gasteiger partial charge in [-0.05, 0) is 0 Å². The summed E-state index contributed by atoms with van der Waals surface area (Å²) in [5, 5.41) is 56.3. The Kier molecular flexibility index (Phi) is 10.5. The van der Waals surface area contributed by atoms with Crippen LogP contribution in [0.4, 0.5) is 17.7 Å². The van der Waals surface area contributed by atoms with Crippen molar-refractivity contribution in [2.45, 2.75) is 0 Å². The highest BCUT2D eigenvalue weighted by Crippen LogP contribution is 2.26.